The van der Waals surface area contributed by atoms with Crippen LogP contribution >= 0.6 is 0 Å². The number of nitrogens with zero attached hydrogens (tertiary/aromatic N) is 4. The topological polar surface area (TPSA) is 73.9 Å². The fourth-order valence-corrected chi connectivity index (χ4v) is 2.44. The van der Waals surface area contributed by atoms with Gasteiger partial charge in [0, 0.05) is 37.6 Å². The average Bonchev–Trinajstić information content (AvgIpc) is 2.79. The quantitative estimate of drug-likeness (QED) is 0.772. The molecule has 6 nitrogen and oxygen atoms in total. The van der Waals surface area contributed by atoms with Crippen LogP contribution in [-0.4, -0.2) is 55.8 Å². The van der Waals surface area contributed by atoms with Crippen LogP contribution in [-0.2, 0) is 6.54 Å². The third kappa shape index (κ3) is 3.33. The molecule has 110 valence electrons. The van der Waals surface area contributed by atoms with E-state index in [2.05, 4.69) is 14.9 Å². The van der Waals surface area contributed by atoms with Crippen LogP contribution in [0.5, 0.6) is 0 Å². The Bertz CT molecular complexity index is 568. The predicted molar refractivity (Wildman–Crippen MR) is 76.5 cm³/mol. The van der Waals surface area contributed by atoms with Gasteiger partial charge in [-0.1, -0.05) is 0 Å². The van der Waals surface area contributed by atoms with Gasteiger partial charge in [-0.25, -0.2) is 9.97 Å². The van der Waals surface area contributed by atoms with Crippen molar-refractivity contribution in [2.75, 3.05) is 26.3 Å². The first-order valence-electron chi connectivity index (χ1n) is 6.90. The number of aliphatic hydroxyl groups excluding tert-OH is 2. The zero-order chi connectivity index (χ0) is 14.5. The van der Waals surface area contributed by atoms with Crippen molar-refractivity contribution in [1.82, 2.24) is 19.3 Å². The molecule has 6 heteroatoms. The molecule has 0 atom stereocenters. The Balaban J connectivity index is 2.23. The van der Waals surface area contributed by atoms with Gasteiger partial charge in [-0.2, -0.15) is 0 Å². The molecule has 2 aromatic heterocycles. The second-order valence-corrected chi connectivity index (χ2v) is 5.00. The van der Waals surface area contributed by atoms with Crippen LogP contribution in [0.1, 0.15) is 23.5 Å². The number of fused-ring (bicyclic) bond motifs is 1. The number of hydrogen-bond acceptors (Lipinski definition) is 5. The Labute approximate surface area is 118 Å². The van der Waals surface area contributed by atoms with Gasteiger partial charge in [0.1, 0.15) is 0 Å². The highest BCUT2D eigenvalue weighted by Crippen LogP contribution is 2.12. The molecule has 20 heavy (non-hydrogen) atoms. The van der Waals surface area contributed by atoms with Crippen molar-refractivity contribution in [3.05, 3.63) is 29.3 Å². The maximum atomic E-state index is 9.13. The minimum absolute atomic E-state index is 0.110. The molecule has 2 heterocycles. The molecule has 0 saturated carbocycles. The van der Waals surface area contributed by atoms with E-state index in [9.17, 15) is 0 Å². The van der Waals surface area contributed by atoms with Crippen LogP contribution in [0.2, 0.25) is 0 Å². The minimum atomic E-state index is 0.110. The fourth-order valence-electron chi connectivity index (χ4n) is 2.44. The van der Waals surface area contributed by atoms with Crippen molar-refractivity contribution in [1.29, 1.82) is 0 Å². The van der Waals surface area contributed by atoms with E-state index in [-0.39, 0.29) is 13.2 Å². The zero-order valence-corrected chi connectivity index (χ0v) is 12.1. The van der Waals surface area contributed by atoms with Crippen molar-refractivity contribution >= 4 is 5.78 Å². The molecule has 0 fully saturated rings. The molecule has 0 aliphatic carbocycles. The first-order valence-corrected chi connectivity index (χ1v) is 6.90. The smallest absolute Gasteiger partial charge is 0.234 e. The van der Waals surface area contributed by atoms with Crippen LogP contribution in [0.15, 0.2) is 12.3 Å². The summed E-state index contributed by atoms with van der Waals surface area (Å²) in [5.41, 5.74) is 3.11. The molecule has 0 aliphatic rings. The van der Waals surface area contributed by atoms with E-state index < -0.39 is 0 Å². The Hall–Kier alpha value is -1.50. The molecule has 0 aliphatic heterocycles. The lowest BCUT2D eigenvalue weighted by Gasteiger charge is -2.20. The third-order valence-electron chi connectivity index (χ3n) is 3.30. The van der Waals surface area contributed by atoms with Gasteiger partial charge in [0.15, 0.2) is 0 Å². The maximum absolute atomic E-state index is 9.13. The standard InChI is InChI=1S/C14H22N4O2/c1-11-8-12(2)18-13(9-15-14(18)16-11)10-17(5-7-20)4-3-6-19/h8-9,19-20H,3-7,10H2,1-2H3. The molecule has 0 saturated heterocycles. The SMILES string of the molecule is Cc1cc(C)n2c(CN(CCO)CCCO)cnc2n1. The van der Waals surface area contributed by atoms with E-state index >= 15 is 0 Å². The molecule has 2 N–H and O–H groups in total. The van der Waals surface area contributed by atoms with Crippen molar-refractivity contribution in [2.45, 2.75) is 26.8 Å². The van der Waals surface area contributed by atoms with E-state index in [1.54, 1.807) is 0 Å². The average molecular weight is 278 g/mol. The van der Waals surface area contributed by atoms with Crippen molar-refractivity contribution in [2.24, 2.45) is 0 Å². The van der Waals surface area contributed by atoms with E-state index in [4.69, 9.17) is 10.2 Å². The van der Waals surface area contributed by atoms with Gasteiger partial charge >= 0.3 is 0 Å². The zero-order valence-electron chi connectivity index (χ0n) is 12.1. The van der Waals surface area contributed by atoms with Crippen LogP contribution in [0.25, 0.3) is 5.78 Å². The van der Waals surface area contributed by atoms with E-state index in [1.165, 1.54) is 0 Å². The van der Waals surface area contributed by atoms with Crippen molar-refractivity contribution in [3.8, 4) is 0 Å². The Morgan fingerprint density at radius 3 is 2.70 bits per heavy atom. The summed E-state index contributed by atoms with van der Waals surface area (Å²) in [5, 5.41) is 18.1. The van der Waals surface area contributed by atoms with Crippen molar-refractivity contribution < 1.29 is 10.2 Å². The number of rotatable bonds is 7. The van der Waals surface area contributed by atoms with Crippen molar-refractivity contribution in [3.63, 3.8) is 0 Å². The molecule has 2 rings (SSSR count). The van der Waals surface area contributed by atoms with Gasteiger partial charge in [-0.15, -0.1) is 0 Å². The normalized spacial score (nSPS) is 11.7. The summed E-state index contributed by atoms with van der Waals surface area (Å²) in [6, 6.07) is 2.03. The minimum Gasteiger partial charge on any atom is -0.396 e. The lowest BCUT2D eigenvalue weighted by molar-refractivity contribution is 0.172. The lowest BCUT2D eigenvalue weighted by Crippen LogP contribution is -2.28. The van der Waals surface area contributed by atoms with Gasteiger partial charge in [0.05, 0.1) is 18.5 Å². The van der Waals surface area contributed by atoms with Crippen LogP contribution in [0.4, 0.5) is 0 Å². The van der Waals surface area contributed by atoms with E-state index in [1.807, 2.05) is 30.5 Å². The fraction of sp³-hybridized carbons (Fsp3) is 0.571. The first kappa shape index (κ1) is 14.9. The van der Waals surface area contributed by atoms with Crippen LogP contribution in [0.3, 0.4) is 0 Å². The van der Waals surface area contributed by atoms with Gasteiger partial charge in [0.25, 0.3) is 0 Å². The summed E-state index contributed by atoms with van der Waals surface area (Å²) in [4.78, 5) is 10.9. The summed E-state index contributed by atoms with van der Waals surface area (Å²) >= 11 is 0. The Morgan fingerprint density at radius 2 is 2.00 bits per heavy atom. The van der Waals surface area contributed by atoms with Gasteiger partial charge in [-0.3, -0.25) is 9.30 Å². The monoisotopic (exact) mass is 278 g/mol. The second-order valence-electron chi connectivity index (χ2n) is 5.00. The predicted octanol–water partition coefficient (Wildman–Crippen LogP) is 0.523. The third-order valence-corrected chi connectivity index (χ3v) is 3.30. The highest BCUT2D eigenvalue weighted by Gasteiger charge is 2.11. The summed E-state index contributed by atoms with van der Waals surface area (Å²) < 4.78 is 2.04. The number of hydrogen-bond donors (Lipinski definition) is 2. The van der Waals surface area contributed by atoms with Crippen LogP contribution in [0, 0.1) is 13.8 Å². The molecular weight excluding hydrogens is 256 g/mol. The molecular formula is C14H22N4O2. The molecule has 0 radical (unpaired) electrons. The molecule has 0 spiro atoms. The van der Waals surface area contributed by atoms with Crippen LogP contribution < -0.4 is 0 Å². The summed E-state index contributed by atoms with van der Waals surface area (Å²) in [6.07, 6.45) is 2.53. The van der Waals surface area contributed by atoms with Gasteiger partial charge in [0.2, 0.25) is 5.78 Å². The largest absolute Gasteiger partial charge is 0.396 e. The summed E-state index contributed by atoms with van der Waals surface area (Å²) in [7, 11) is 0. The molecule has 0 unspecified atom stereocenters. The first-order chi connectivity index (χ1) is 9.65. The Kier molecular flexibility index (Phi) is 5.05. The second kappa shape index (κ2) is 6.78. The highest BCUT2D eigenvalue weighted by atomic mass is 16.3. The molecule has 2 aromatic rings. The molecule has 0 bridgehead atoms. The highest BCUT2D eigenvalue weighted by molar-refractivity contribution is 5.35. The summed E-state index contributed by atoms with van der Waals surface area (Å²) in [6.45, 7) is 6.30. The Morgan fingerprint density at radius 1 is 1.20 bits per heavy atom. The van der Waals surface area contributed by atoms with Gasteiger partial charge in [-0.05, 0) is 26.3 Å². The molecule has 0 amide bonds. The maximum Gasteiger partial charge on any atom is 0.234 e. The van der Waals surface area contributed by atoms with E-state index in [0.717, 1.165) is 23.6 Å². The number of aryl methyl sites for hydroxylation is 2. The number of aliphatic hydroxyl groups is 2. The lowest BCUT2D eigenvalue weighted by atomic mass is 10.3. The number of imidazole rings is 1. The van der Waals surface area contributed by atoms with E-state index in [0.29, 0.717) is 25.3 Å². The molecule has 0 aromatic carbocycles. The summed E-state index contributed by atoms with van der Waals surface area (Å²) in [5.74, 6) is 0.712. The number of aromatic nitrogens is 3. The van der Waals surface area contributed by atoms with Gasteiger partial charge < -0.3 is 10.2 Å².